The van der Waals surface area contributed by atoms with Gasteiger partial charge >= 0.3 is 0 Å². The molecule has 0 aliphatic rings. The van der Waals surface area contributed by atoms with Crippen LogP contribution in [0.25, 0.3) is 10.8 Å². The van der Waals surface area contributed by atoms with Gasteiger partial charge in [0.25, 0.3) is 0 Å². The third kappa shape index (κ3) is 2.67. The van der Waals surface area contributed by atoms with Gasteiger partial charge in [-0.15, -0.1) is 0 Å². The first kappa shape index (κ1) is 12.7. The largest absolute Gasteiger partial charge is 0.456 e. The van der Waals surface area contributed by atoms with E-state index in [1.54, 1.807) is 6.20 Å². The molecule has 0 saturated carbocycles. The summed E-state index contributed by atoms with van der Waals surface area (Å²) in [5, 5.41) is 2.75. The van der Waals surface area contributed by atoms with Gasteiger partial charge in [0.15, 0.2) is 0 Å². The van der Waals surface area contributed by atoms with Crippen LogP contribution in [0.3, 0.4) is 0 Å². The third-order valence-electron chi connectivity index (χ3n) is 2.75. The second kappa shape index (κ2) is 5.35. The molecule has 0 amide bonds. The minimum absolute atomic E-state index is 0.664. The van der Waals surface area contributed by atoms with Crippen LogP contribution < -0.4 is 4.74 Å². The van der Waals surface area contributed by atoms with Gasteiger partial charge in [-0.25, -0.2) is 0 Å². The summed E-state index contributed by atoms with van der Waals surface area (Å²) in [6.07, 6.45) is 3.59. The Morgan fingerprint density at radius 3 is 2.84 bits per heavy atom. The van der Waals surface area contributed by atoms with E-state index in [0.29, 0.717) is 5.02 Å². The molecule has 0 atom stereocenters. The fraction of sp³-hybridized carbons (Fsp3) is 0. The molecule has 0 saturated heterocycles. The van der Waals surface area contributed by atoms with Crippen LogP contribution in [0, 0.1) is 3.57 Å². The first-order valence-electron chi connectivity index (χ1n) is 5.70. The Bertz CT molecular complexity index is 740. The van der Waals surface area contributed by atoms with Crippen LogP contribution in [0.4, 0.5) is 0 Å². The van der Waals surface area contributed by atoms with Crippen molar-refractivity contribution < 1.29 is 4.74 Å². The van der Waals surface area contributed by atoms with E-state index in [1.165, 1.54) is 0 Å². The van der Waals surface area contributed by atoms with Crippen molar-refractivity contribution in [3.63, 3.8) is 0 Å². The van der Waals surface area contributed by atoms with E-state index in [1.807, 2.05) is 48.7 Å². The molecule has 0 aliphatic heterocycles. The number of benzene rings is 2. The van der Waals surface area contributed by atoms with E-state index >= 15 is 0 Å². The van der Waals surface area contributed by atoms with Crippen molar-refractivity contribution in [3.8, 4) is 11.5 Å². The molecule has 19 heavy (non-hydrogen) atoms. The second-order valence-electron chi connectivity index (χ2n) is 4.03. The predicted octanol–water partition coefficient (Wildman–Crippen LogP) is 5.29. The molecule has 0 spiro atoms. The average molecular weight is 382 g/mol. The van der Waals surface area contributed by atoms with Crippen LogP contribution in [0.5, 0.6) is 11.5 Å². The lowest BCUT2D eigenvalue weighted by Crippen LogP contribution is -1.89. The number of pyridine rings is 1. The molecule has 1 heterocycles. The van der Waals surface area contributed by atoms with Crippen molar-refractivity contribution in [1.29, 1.82) is 0 Å². The van der Waals surface area contributed by atoms with E-state index in [4.69, 9.17) is 16.3 Å². The van der Waals surface area contributed by atoms with E-state index in [9.17, 15) is 0 Å². The summed E-state index contributed by atoms with van der Waals surface area (Å²) in [6, 6.07) is 13.5. The highest BCUT2D eigenvalue weighted by molar-refractivity contribution is 14.1. The van der Waals surface area contributed by atoms with Crippen LogP contribution in [0.2, 0.25) is 5.02 Å². The first-order valence-corrected chi connectivity index (χ1v) is 7.15. The van der Waals surface area contributed by atoms with E-state index in [0.717, 1.165) is 25.8 Å². The monoisotopic (exact) mass is 381 g/mol. The molecule has 0 radical (unpaired) electrons. The predicted molar refractivity (Wildman–Crippen MR) is 86.0 cm³/mol. The number of aromatic nitrogens is 1. The van der Waals surface area contributed by atoms with Crippen molar-refractivity contribution in [1.82, 2.24) is 4.98 Å². The molecule has 2 aromatic carbocycles. The Morgan fingerprint density at radius 1 is 1.05 bits per heavy atom. The lowest BCUT2D eigenvalue weighted by Gasteiger charge is -2.10. The number of hydrogen-bond acceptors (Lipinski definition) is 2. The highest BCUT2D eigenvalue weighted by Crippen LogP contribution is 2.33. The smallest absolute Gasteiger partial charge is 0.142 e. The summed E-state index contributed by atoms with van der Waals surface area (Å²) in [7, 11) is 0. The topological polar surface area (TPSA) is 22.1 Å². The summed E-state index contributed by atoms with van der Waals surface area (Å²) in [6.45, 7) is 0. The zero-order valence-electron chi connectivity index (χ0n) is 9.81. The van der Waals surface area contributed by atoms with Crippen LogP contribution in [0.15, 0.2) is 54.9 Å². The molecule has 1 aromatic heterocycles. The number of hydrogen-bond donors (Lipinski definition) is 0. The molecule has 2 nitrogen and oxygen atoms in total. The van der Waals surface area contributed by atoms with Gasteiger partial charge in [0.2, 0.25) is 0 Å². The molecule has 0 aliphatic carbocycles. The molecular formula is C15H9ClINO. The molecule has 4 heteroatoms. The van der Waals surface area contributed by atoms with E-state index in [2.05, 4.69) is 27.6 Å². The van der Waals surface area contributed by atoms with E-state index in [-0.39, 0.29) is 0 Å². The Labute approximate surface area is 129 Å². The zero-order valence-corrected chi connectivity index (χ0v) is 12.7. The van der Waals surface area contributed by atoms with Gasteiger partial charge in [-0.3, -0.25) is 4.98 Å². The van der Waals surface area contributed by atoms with Gasteiger partial charge in [0, 0.05) is 34.3 Å². The minimum atomic E-state index is 0.664. The molecular weight excluding hydrogens is 373 g/mol. The maximum absolute atomic E-state index is 6.01. The quantitative estimate of drug-likeness (QED) is 0.563. The third-order valence-corrected chi connectivity index (χ3v) is 3.88. The van der Waals surface area contributed by atoms with Crippen LogP contribution in [-0.2, 0) is 0 Å². The molecule has 0 fully saturated rings. The summed E-state index contributed by atoms with van der Waals surface area (Å²) < 4.78 is 7.00. The standard InChI is InChI=1S/C15H9ClINO/c16-11-4-5-13(17)15(8-11)19-14-3-1-2-10-9-18-7-6-12(10)14/h1-9H. The summed E-state index contributed by atoms with van der Waals surface area (Å²) >= 11 is 8.24. The summed E-state index contributed by atoms with van der Waals surface area (Å²) in [4.78, 5) is 4.11. The van der Waals surface area contributed by atoms with Gasteiger partial charge in [-0.05, 0) is 46.9 Å². The van der Waals surface area contributed by atoms with Crippen molar-refractivity contribution >= 4 is 45.0 Å². The summed E-state index contributed by atoms with van der Waals surface area (Å²) in [5.41, 5.74) is 0. The second-order valence-corrected chi connectivity index (χ2v) is 5.63. The highest BCUT2D eigenvalue weighted by atomic mass is 127. The van der Waals surface area contributed by atoms with Gasteiger partial charge < -0.3 is 4.74 Å². The number of fused-ring (bicyclic) bond motifs is 1. The molecule has 0 bridgehead atoms. The number of halogens is 2. The molecule has 3 aromatic rings. The Balaban J connectivity index is 2.08. The van der Waals surface area contributed by atoms with Crippen molar-refractivity contribution in [2.24, 2.45) is 0 Å². The first-order chi connectivity index (χ1) is 9.24. The maximum atomic E-state index is 6.01. The number of ether oxygens (including phenoxy) is 1. The highest BCUT2D eigenvalue weighted by Gasteiger charge is 2.06. The molecule has 94 valence electrons. The number of rotatable bonds is 2. The lowest BCUT2D eigenvalue weighted by atomic mass is 10.1. The van der Waals surface area contributed by atoms with Gasteiger partial charge in [-0.1, -0.05) is 23.7 Å². The Kier molecular flexibility index (Phi) is 3.57. The van der Waals surface area contributed by atoms with Crippen molar-refractivity contribution in [2.75, 3.05) is 0 Å². The van der Waals surface area contributed by atoms with E-state index < -0.39 is 0 Å². The zero-order chi connectivity index (χ0) is 13.2. The molecule has 0 N–H and O–H groups in total. The summed E-state index contributed by atoms with van der Waals surface area (Å²) in [5.74, 6) is 1.57. The van der Waals surface area contributed by atoms with Crippen molar-refractivity contribution in [3.05, 3.63) is 63.5 Å². The molecule has 3 rings (SSSR count). The minimum Gasteiger partial charge on any atom is -0.456 e. The normalized spacial score (nSPS) is 10.6. The van der Waals surface area contributed by atoms with Gasteiger partial charge in [-0.2, -0.15) is 0 Å². The van der Waals surface area contributed by atoms with Gasteiger partial charge in [0.05, 0.1) is 3.57 Å². The van der Waals surface area contributed by atoms with Gasteiger partial charge in [0.1, 0.15) is 11.5 Å². The molecule has 0 unspecified atom stereocenters. The van der Waals surface area contributed by atoms with Crippen LogP contribution in [-0.4, -0.2) is 4.98 Å². The Morgan fingerprint density at radius 2 is 1.95 bits per heavy atom. The Hall–Kier alpha value is -1.33. The SMILES string of the molecule is Clc1ccc(I)c(Oc2cccc3cnccc23)c1. The van der Waals surface area contributed by atoms with Crippen molar-refractivity contribution in [2.45, 2.75) is 0 Å². The fourth-order valence-corrected chi connectivity index (χ4v) is 2.46. The number of nitrogens with zero attached hydrogens (tertiary/aromatic N) is 1. The average Bonchev–Trinajstić information content (AvgIpc) is 2.43. The van der Waals surface area contributed by atoms with Crippen LogP contribution in [0.1, 0.15) is 0 Å². The lowest BCUT2D eigenvalue weighted by molar-refractivity contribution is 0.485. The fourth-order valence-electron chi connectivity index (χ4n) is 1.86. The maximum Gasteiger partial charge on any atom is 0.142 e. The van der Waals surface area contributed by atoms with Crippen LogP contribution >= 0.6 is 34.2 Å².